The molecule has 28 heavy (non-hydrogen) atoms. The zero-order chi connectivity index (χ0) is 20.1. The molecule has 1 unspecified atom stereocenters. The van der Waals surface area contributed by atoms with Crippen molar-refractivity contribution in [3.63, 3.8) is 0 Å². The lowest BCUT2D eigenvalue weighted by Crippen LogP contribution is -2.64. The van der Waals surface area contributed by atoms with Gasteiger partial charge in [-0.05, 0) is 11.6 Å². The highest BCUT2D eigenvalue weighted by atomic mass is 32.1. The number of nitrogens with zero attached hydrogens (tertiary/aromatic N) is 2. The van der Waals surface area contributed by atoms with E-state index in [1.807, 2.05) is 18.2 Å². The Morgan fingerprint density at radius 2 is 1.71 bits per heavy atom. The summed E-state index contributed by atoms with van der Waals surface area (Å²) in [6.07, 6.45) is 1.57. The molecule has 0 saturated carbocycles. The van der Waals surface area contributed by atoms with E-state index in [0.717, 1.165) is 5.56 Å². The average Bonchev–Trinajstić information content (AvgIpc) is 2.71. The quantitative estimate of drug-likeness (QED) is 0.173. The van der Waals surface area contributed by atoms with Gasteiger partial charge < -0.3 is 15.4 Å². The van der Waals surface area contributed by atoms with Crippen LogP contribution in [0.2, 0.25) is 0 Å². The topological polar surface area (TPSA) is 99.1 Å². The van der Waals surface area contributed by atoms with Crippen molar-refractivity contribution >= 4 is 41.3 Å². The summed E-state index contributed by atoms with van der Waals surface area (Å²) in [5.41, 5.74) is 1.10. The molecule has 1 saturated heterocycles. The molecule has 1 aliphatic heterocycles. The second kappa shape index (κ2) is 8.53. The van der Waals surface area contributed by atoms with Gasteiger partial charge in [-0.25, -0.2) is 0 Å². The number of amides is 2. The van der Waals surface area contributed by atoms with E-state index in [-0.39, 0.29) is 18.0 Å². The van der Waals surface area contributed by atoms with E-state index in [9.17, 15) is 14.4 Å². The summed E-state index contributed by atoms with van der Waals surface area (Å²) in [6, 6.07) is 16.6. The van der Waals surface area contributed by atoms with Crippen LogP contribution in [0.25, 0.3) is 6.08 Å². The zero-order valence-corrected chi connectivity index (χ0v) is 15.5. The van der Waals surface area contributed by atoms with Crippen LogP contribution in [0.1, 0.15) is 11.1 Å². The van der Waals surface area contributed by atoms with E-state index in [1.165, 1.54) is 4.90 Å². The fraction of sp³-hybridized carbons (Fsp3) is 0.100. The Bertz CT molecular complexity index is 958. The minimum atomic E-state index is -0.820. The third-order valence-electron chi connectivity index (χ3n) is 4.21. The molecule has 0 aromatic heterocycles. The van der Waals surface area contributed by atoms with Crippen LogP contribution in [0.3, 0.4) is 0 Å². The average molecular weight is 395 g/mol. The van der Waals surface area contributed by atoms with E-state index in [4.69, 9.17) is 5.21 Å². The maximum Gasteiger partial charge on any atom is 0.274 e. The first-order valence-corrected chi connectivity index (χ1v) is 8.85. The number of rotatable bonds is 6. The molecule has 1 fully saturated rings. The highest BCUT2D eigenvalue weighted by molar-refractivity contribution is 7.97. The molecule has 7 nitrogen and oxygen atoms in total. The van der Waals surface area contributed by atoms with E-state index in [0.29, 0.717) is 5.56 Å². The third-order valence-corrected chi connectivity index (χ3v) is 4.44. The van der Waals surface area contributed by atoms with Crippen molar-refractivity contribution < 1.29 is 19.6 Å². The van der Waals surface area contributed by atoms with Gasteiger partial charge in [-0.15, -0.1) is 0 Å². The van der Waals surface area contributed by atoms with Crippen LogP contribution in [0.15, 0.2) is 71.5 Å². The number of thiol groups is 1. The van der Waals surface area contributed by atoms with Gasteiger partial charge in [0.2, 0.25) is 5.12 Å². The summed E-state index contributed by atoms with van der Waals surface area (Å²) in [4.78, 5) is 37.9. The minimum absolute atomic E-state index is 0.114. The lowest BCUT2D eigenvalue weighted by molar-refractivity contribution is -0.143. The molecule has 1 aliphatic rings. The number of nitrogens with one attached hydrogen (secondary N) is 1. The molecule has 2 amide bonds. The molecule has 8 heteroatoms. The molecule has 0 radical (unpaired) electrons. The Kier molecular flexibility index (Phi) is 5.90. The molecule has 142 valence electrons. The van der Waals surface area contributed by atoms with Gasteiger partial charge in [0.15, 0.2) is 5.71 Å². The molecular formula is C20H17N3O4S. The van der Waals surface area contributed by atoms with E-state index >= 15 is 0 Å². The van der Waals surface area contributed by atoms with Crippen LogP contribution >= 0.6 is 12.6 Å². The van der Waals surface area contributed by atoms with Gasteiger partial charge in [0.05, 0.1) is 12.2 Å². The molecular weight excluding hydrogens is 378 g/mol. The van der Waals surface area contributed by atoms with Crippen molar-refractivity contribution in [3.05, 3.63) is 77.5 Å². The Labute approximate surface area is 166 Å². The van der Waals surface area contributed by atoms with Gasteiger partial charge in [-0.2, -0.15) is 0 Å². The Morgan fingerprint density at radius 3 is 2.25 bits per heavy atom. The summed E-state index contributed by atoms with van der Waals surface area (Å²) in [5.74, 6) is -1.12. The second-order valence-electron chi connectivity index (χ2n) is 6.03. The Hall–Kier alpha value is -3.39. The largest absolute Gasteiger partial charge is 0.410 e. The first-order valence-electron chi connectivity index (χ1n) is 8.41. The van der Waals surface area contributed by atoms with Crippen molar-refractivity contribution in [2.75, 3.05) is 6.54 Å². The normalized spacial score (nSPS) is 17.1. The van der Waals surface area contributed by atoms with Crippen LogP contribution in [-0.2, 0) is 14.4 Å². The second-order valence-corrected chi connectivity index (χ2v) is 6.44. The predicted octanol–water partition coefficient (Wildman–Crippen LogP) is 1.69. The monoisotopic (exact) mass is 395 g/mol. The van der Waals surface area contributed by atoms with Gasteiger partial charge >= 0.3 is 0 Å². The Balaban J connectivity index is 1.70. The van der Waals surface area contributed by atoms with Gasteiger partial charge in [-0.3, -0.25) is 14.4 Å². The molecule has 0 aliphatic carbocycles. The number of β-lactam (4-membered cyclic amide) rings is 1. The first kappa shape index (κ1) is 19.4. The van der Waals surface area contributed by atoms with Gasteiger partial charge in [-0.1, -0.05) is 78.4 Å². The van der Waals surface area contributed by atoms with Gasteiger partial charge in [0.1, 0.15) is 6.04 Å². The van der Waals surface area contributed by atoms with Crippen LogP contribution in [-0.4, -0.2) is 45.3 Å². The van der Waals surface area contributed by atoms with Crippen molar-refractivity contribution in [1.29, 1.82) is 0 Å². The number of hydrogen-bond donors (Lipinski definition) is 3. The minimum Gasteiger partial charge on any atom is -0.410 e. The fourth-order valence-corrected chi connectivity index (χ4v) is 2.96. The van der Waals surface area contributed by atoms with Crippen LogP contribution in [0.5, 0.6) is 0 Å². The summed E-state index contributed by atoms with van der Waals surface area (Å²) in [7, 11) is 0. The smallest absolute Gasteiger partial charge is 0.274 e. The molecule has 2 N–H and O–H groups in total. The number of oxime groups is 1. The van der Waals surface area contributed by atoms with Gasteiger partial charge in [0, 0.05) is 5.56 Å². The lowest BCUT2D eigenvalue weighted by atomic mass is 10.0. The van der Waals surface area contributed by atoms with Crippen molar-refractivity contribution in [2.24, 2.45) is 5.16 Å². The molecule has 1 atom stereocenters. The number of carbonyl (C=O) groups is 3. The van der Waals surface area contributed by atoms with Gasteiger partial charge in [0.25, 0.3) is 11.8 Å². The zero-order valence-electron chi connectivity index (χ0n) is 14.6. The number of benzene rings is 2. The standard InChI is InChI=1S/C20H17N3O4S/c24-18(17(22-27)14-9-5-2-6-10-14)21-15-12-23(19(15)25)16(20(26)28)11-13-7-3-1-4-8-13/h1-11,15,27H,12H2,(H,21,24)(H,26,28)/b16-11+,22-17+. The lowest BCUT2D eigenvalue weighted by Gasteiger charge is -2.39. The van der Waals surface area contributed by atoms with E-state index in [1.54, 1.807) is 48.5 Å². The summed E-state index contributed by atoms with van der Waals surface area (Å²) in [5, 5.41) is 14.2. The maximum atomic E-state index is 12.5. The molecule has 0 spiro atoms. The van der Waals surface area contributed by atoms with E-state index < -0.39 is 23.0 Å². The van der Waals surface area contributed by atoms with Crippen LogP contribution in [0, 0.1) is 0 Å². The molecule has 2 aromatic carbocycles. The first-order chi connectivity index (χ1) is 13.5. The molecule has 2 aromatic rings. The maximum absolute atomic E-state index is 12.5. The van der Waals surface area contributed by atoms with Crippen molar-refractivity contribution in [2.45, 2.75) is 6.04 Å². The van der Waals surface area contributed by atoms with Crippen LogP contribution in [0.4, 0.5) is 0 Å². The number of likely N-dealkylation sites (tertiary alicyclic amines) is 1. The SMILES string of the molecule is O=C(S)/C(=C\c1ccccc1)N1CC(NC(=O)/C(=N/O)c2ccccc2)C1=O. The Morgan fingerprint density at radius 1 is 1.11 bits per heavy atom. The summed E-state index contributed by atoms with van der Waals surface area (Å²) in [6.45, 7) is 0.114. The molecule has 1 heterocycles. The van der Waals surface area contributed by atoms with E-state index in [2.05, 4.69) is 23.1 Å². The highest BCUT2D eigenvalue weighted by Crippen LogP contribution is 2.22. The summed E-state index contributed by atoms with van der Waals surface area (Å²) >= 11 is 3.85. The summed E-state index contributed by atoms with van der Waals surface area (Å²) < 4.78 is 0. The predicted molar refractivity (Wildman–Crippen MR) is 107 cm³/mol. The number of hydrogen-bond acceptors (Lipinski definition) is 5. The molecule has 3 rings (SSSR count). The third kappa shape index (κ3) is 4.12. The van der Waals surface area contributed by atoms with Crippen molar-refractivity contribution in [3.8, 4) is 0 Å². The number of carbonyl (C=O) groups excluding carboxylic acids is 3. The fourth-order valence-electron chi connectivity index (χ4n) is 2.77. The van der Waals surface area contributed by atoms with Crippen LogP contribution < -0.4 is 5.32 Å². The molecule has 0 bridgehead atoms. The van der Waals surface area contributed by atoms with Crippen molar-refractivity contribution in [1.82, 2.24) is 10.2 Å². The highest BCUT2D eigenvalue weighted by Gasteiger charge is 2.41.